The zero-order valence-corrected chi connectivity index (χ0v) is 10.9. The molecule has 2 aliphatic rings. The van der Waals surface area contributed by atoms with Gasteiger partial charge in [-0.3, -0.25) is 4.98 Å². The molecule has 1 aromatic rings. The molecule has 1 atom stereocenters. The Labute approximate surface area is 115 Å². The van der Waals surface area contributed by atoms with Gasteiger partial charge in [-0.15, -0.1) is 0 Å². The van der Waals surface area contributed by atoms with Crippen LogP contribution in [0.15, 0.2) is 18.6 Å². The first-order valence-electron chi connectivity index (χ1n) is 6.51. The zero-order valence-electron chi connectivity index (χ0n) is 10.9. The van der Waals surface area contributed by atoms with E-state index in [1.54, 1.807) is 23.5 Å². The van der Waals surface area contributed by atoms with Gasteiger partial charge in [0.15, 0.2) is 0 Å². The molecule has 3 heterocycles. The summed E-state index contributed by atoms with van der Waals surface area (Å²) in [6, 6.07) is -0.585. The summed E-state index contributed by atoms with van der Waals surface area (Å²) in [5.41, 5.74) is 0. The van der Waals surface area contributed by atoms with E-state index in [0.717, 1.165) is 6.42 Å². The number of imide groups is 1. The summed E-state index contributed by atoms with van der Waals surface area (Å²) in [4.78, 5) is 34.4. The van der Waals surface area contributed by atoms with E-state index in [-0.39, 0.29) is 18.2 Å². The second-order valence-corrected chi connectivity index (χ2v) is 4.68. The van der Waals surface area contributed by atoms with Gasteiger partial charge in [0.25, 0.3) is 0 Å². The van der Waals surface area contributed by atoms with E-state index >= 15 is 0 Å². The second kappa shape index (κ2) is 5.32. The van der Waals surface area contributed by atoms with Gasteiger partial charge in [-0.25, -0.2) is 19.5 Å². The minimum Gasteiger partial charge on any atom is -0.471 e. The number of likely N-dealkylation sites (tertiary alicyclic amines) is 1. The fraction of sp³-hybridized carbons (Fsp3) is 0.500. The van der Waals surface area contributed by atoms with Crippen molar-refractivity contribution in [3.05, 3.63) is 18.6 Å². The first-order valence-corrected chi connectivity index (χ1v) is 6.51. The number of carbonyl (C=O) groups excluding carboxylic acids is 2. The van der Waals surface area contributed by atoms with E-state index < -0.39 is 0 Å². The van der Waals surface area contributed by atoms with Crippen LogP contribution in [-0.2, 0) is 0 Å². The van der Waals surface area contributed by atoms with E-state index in [1.165, 1.54) is 4.90 Å². The van der Waals surface area contributed by atoms with Crippen LogP contribution < -0.4 is 10.1 Å². The molecule has 1 aromatic heterocycles. The van der Waals surface area contributed by atoms with E-state index in [1.807, 2.05) is 0 Å². The Kier molecular flexibility index (Phi) is 3.36. The normalized spacial score (nSPS) is 22.0. The predicted octanol–water partition coefficient (Wildman–Crippen LogP) is 0.0749. The Morgan fingerprint density at radius 1 is 1.40 bits per heavy atom. The Morgan fingerprint density at radius 3 is 3.00 bits per heavy atom. The van der Waals surface area contributed by atoms with Crippen LogP contribution in [0.5, 0.6) is 5.88 Å². The maximum atomic E-state index is 12.2. The first kappa shape index (κ1) is 12.6. The molecule has 0 aromatic carbocycles. The molecule has 8 heteroatoms. The number of ether oxygens (including phenoxy) is 1. The minimum atomic E-state index is -0.326. The lowest BCUT2D eigenvalue weighted by Gasteiger charge is -2.21. The number of aromatic nitrogens is 2. The third-order valence-corrected chi connectivity index (χ3v) is 3.33. The minimum absolute atomic E-state index is 0.110. The van der Waals surface area contributed by atoms with Crippen molar-refractivity contribution in [2.45, 2.75) is 12.5 Å². The highest BCUT2D eigenvalue weighted by atomic mass is 16.5. The lowest BCUT2D eigenvalue weighted by atomic mass is 10.3. The number of nitrogens with zero attached hydrogens (tertiary/aromatic N) is 4. The summed E-state index contributed by atoms with van der Waals surface area (Å²) in [6.45, 7) is 1.97. The number of carbonyl (C=O) groups is 2. The Hall–Kier alpha value is -2.38. The standard InChI is InChI=1S/C12H15N5O3/c18-11-15-4-6-17(11)12(19)16-5-1-9(8-16)20-10-7-13-2-3-14-10/h2-3,7,9H,1,4-6,8H2,(H,15,18). The number of hydrogen-bond acceptors (Lipinski definition) is 5. The smallest absolute Gasteiger partial charge is 0.328 e. The zero-order chi connectivity index (χ0) is 13.9. The van der Waals surface area contributed by atoms with E-state index in [2.05, 4.69) is 15.3 Å². The average Bonchev–Trinajstić information content (AvgIpc) is 3.08. The lowest BCUT2D eigenvalue weighted by molar-refractivity contribution is 0.160. The molecular formula is C12H15N5O3. The van der Waals surface area contributed by atoms with Crippen LogP contribution >= 0.6 is 0 Å². The highest BCUT2D eigenvalue weighted by Crippen LogP contribution is 2.17. The van der Waals surface area contributed by atoms with Gasteiger partial charge in [0.2, 0.25) is 5.88 Å². The van der Waals surface area contributed by atoms with E-state index in [9.17, 15) is 9.59 Å². The van der Waals surface area contributed by atoms with Crippen LogP contribution in [0, 0.1) is 0 Å². The average molecular weight is 277 g/mol. The van der Waals surface area contributed by atoms with Crippen molar-refractivity contribution in [3.8, 4) is 5.88 Å². The fourth-order valence-corrected chi connectivity index (χ4v) is 2.34. The molecule has 4 amide bonds. The highest BCUT2D eigenvalue weighted by Gasteiger charge is 2.35. The maximum Gasteiger partial charge on any atom is 0.328 e. The second-order valence-electron chi connectivity index (χ2n) is 4.68. The van der Waals surface area contributed by atoms with Crippen LogP contribution in [0.1, 0.15) is 6.42 Å². The Morgan fingerprint density at radius 2 is 2.30 bits per heavy atom. The summed E-state index contributed by atoms with van der Waals surface area (Å²) in [7, 11) is 0. The SMILES string of the molecule is O=C1NCCN1C(=O)N1CCC(Oc2cnccn2)C1. The molecule has 0 aliphatic carbocycles. The van der Waals surface area contributed by atoms with Crippen LogP contribution in [0.4, 0.5) is 9.59 Å². The van der Waals surface area contributed by atoms with Crippen molar-refractivity contribution in [1.82, 2.24) is 25.1 Å². The van der Waals surface area contributed by atoms with Gasteiger partial charge in [0.05, 0.1) is 12.7 Å². The van der Waals surface area contributed by atoms with Crippen molar-refractivity contribution in [2.75, 3.05) is 26.2 Å². The van der Waals surface area contributed by atoms with Gasteiger partial charge in [-0.2, -0.15) is 0 Å². The van der Waals surface area contributed by atoms with Gasteiger partial charge in [0, 0.05) is 38.4 Å². The predicted molar refractivity (Wildman–Crippen MR) is 68.1 cm³/mol. The number of nitrogens with one attached hydrogen (secondary N) is 1. The molecule has 106 valence electrons. The molecule has 2 aliphatic heterocycles. The van der Waals surface area contributed by atoms with Gasteiger partial charge < -0.3 is 15.0 Å². The van der Waals surface area contributed by atoms with Gasteiger partial charge in [0.1, 0.15) is 6.10 Å². The molecule has 0 spiro atoms. The van der Waals surface area contributed by atoms with Crippen LogP contribution in [0.3, 0.4) is 0 Å². The topological polar surface area (TPSA) is 87.7 Å². The summed E-state index contributed by atoms with van der Waals surface area (Å²) in [6.07, 6.45) is 5.28. The number of hydrogen-bond donors (Lipinski definition) is 1. The molecule has 1 N–H and O–H groups in total. The number of urea groups is 2. The Bertz CT molecular complexity index is 509. The van der Waals surface area contributed by atoms with Crippen LogP contribution in [-0.4, -0.2) is 64.1 Å². The molecule has 20 heavy (non-hydrogen) atoms. The van der Waals surface area contributed by atoms with Crippen molar-refractivity contribution in [3.63, 3.8) is 0 Å². The molecule has 0 bridgehead atoms. The monoisotopic (exact) mass is 277 g/mol. The van der Waals surface area contributed by atoms with Gasteiger partial charge >= 0.3 is 12.1 Å². The molecule has 1 unspecified atom stereocenters. The largest absolute Gasteiger partial charge is 0.471 e. The maximum absolute atomic E-state index is 12.2. The molecule has 3 rings (SSSR count). The third-order valence-electron chi connectivity index (χ3n) is 3.33. The van der Waals surface area contributed by atoms with Crippen LogP contribution in [0.2, 0.25) is 0 Å². The molecule has 2 fully saturated rings. The van der Waals surface area contributed by atoms with E-state index in [0.29, 0.717) is 32.1 Å². The third kappa shape index (κ3) is 2.49. The summed E-state index contributed by atoms with van der Waals surface area (Å²) in [5, 5.41) is 2.61. The first-order chi connectivity index (χ1) is 9.74. The highest BCUT2D eigenvalue weighted by molar-refractivity contribution is 5.95. The molecular weight excluding hydrogens is 262 g/mol. The number of amides is 4. The number of rotatable bonds is 2. The van der Waals surface area contributed by atoms with Gasteiger partial charge in [-0.1, -0.05) is 0 Å². The summed E-state index contributed by atoms with van der Waals surface area (Å²) in [5.74, 6) is 0.450. The van der Waals surface area contributed by atoms with Crippen LogP contribution in [0.25, 0.3) is 0 Å². The summed E-state index contributed by atoms with van der Waals surface area (Å²) < 4.78 is 5.66. The van der Waals surface area contributed by atoms with Crippen molar-refractivity contribution >= 4 is 12.1 Å². The molecule has 8 nitrogen and oxygen atoms in total. The molecule has 2 saturated heterocycles. The van der Waals surface area contributed by atoms with Crippen molar-refractivity contribution in [2.24, 2.45) is 0 Å². The van der Waals surface area contributed by atoms with Crippen molar-refractivity contribution in [1.29, 1.82) is 0 Å². The summed E-state index contributed by atoms with van der Waals surface area (Å²) >= 11 is 0. The van der Waals surface area contributed by atoms with Crippen molar-refractivity contribution < 1.29 is 14.3 Å². The lowest BCUT2D eigenvalue weighted by Crippen LogP contribution is -2.44. The van der Waals surface area contributed by atoms with Gasteiger partial charge in [-0.05, 0) is 0 Å². The molecule has 0 radical (unpaired) electrons. The molecule has 0 saturated carbocycles. The Balaban J connectivity index is 1.57. The quantitative estimate of drug-likeness (QED) is 0.826. The fourth-order valence-electron chi connectivity index (χ4n) is 2.34. The van der Waals surface area contributed by atoms with E-state index in [4.69, 9.17) is 4.74 Å².